The van der Waals surface area contributed by atoms with Crippen molar-refractivity contribution >= 4 is 23.0 Å². The third-order valence-corrected chi connectivity index (χ3v) is 5.66. The van der Waals surface area contributed by atoms with Crippen molar-refractivity contribution in [3.8, 4) is 23.0 Å². The third-order valence-electron chi connectivity index (χ3n) is 5.30. The van der Waals surface area contributed by atoms with E-state index in [0.29, 0.717) is 42.1 Å². The number of hydrogen-bond donors (Lipinski definition) is 1. The van der Waals surface area contributed by atoms with Crippen molar-refractivity contribution in [2.75, 3.05) is 46.4 Å². The molecule has 7 nitrogen and oxygen atoms in total. The van der Waals surface area contributed by atoms with Crippen molar-refractivity contribution < 1.29 is 23.7 Å². The molecule has 1 atom stereocenters. The molecule has 1 saturated heterocycles. The standard InChI is InChI=1S/C24H32N2O5S/c1-5-30-19-11-9-18(10-12-19)25-24(32)26(16-20-7-6-14-31-20)15-17-8-13-21(27-2)23(29-4)22(17)28-3/h8-13,20H,5-7,14-16H2,1-4H3,(H,25,32). The maximum atomic E-state index is 5.88. The van der Waals surface area contributed by atoms with Crippen LogP contribution < -0.4 is 24.3 Å². The number of thiocarbonyl (C=S) groups is 1. The van der Waals surface area contributed by atoms with Gasteiger partial charge in [-0.05, 0) is 68.4 Å². The van der Waals surface area contributed by atoms with Crippen molar-refractivity contribution in [1.82, 2.24) is 4.90 Å². The van der Waals surface area contributed by atoms with Crippen LogP contribution in [0.4, 0.5) is 5.69 Å². The maximum absolute atomic E-state index is 5.88. The van der Waals surface area contributed by atoms with Crippen molar-refractivity contribution in [2.24, 2.45) is 0 Å². The number of benzene rings is 2. The molecule has 1 fully saturated rings. The minimum Gasteiger partial charge on any atom is -0.494 e. The lowest BCUT2D eigenvalue weighted by atomic mass is 10.1. The molecule has 0 aliphatic carbocycles. The van der Waals surface area contributed by atoms with E-state index < -0.39 is 0 Å². The van der Waals surface area contributed by atoms with Gasteiger partial charge in [-0.15, -0.1) is 0 Å². The van der Waals surface area contributed by atoms with E-state index in [1.807, 2.05) is 43.3 Å². The minimum atomic E-state index is 0.140. The van der Waals surface area contributed by atoms with E-state index in [9.17, 15) is 0 Å². The van der Waals surface area contributed by atoms with Gasteiger partial charge in [0.2, 0.25) is 5.75 Å². The average Bonchev–Trinajstić information content (AvgIpc) is 3.32. The molecule has 2 aromatic rings. The molecule has 0 bridgehead atoms. The second-order valence-electron chi connectivity index (χ2n) is 7.40. The first-order valence-corrected chi connectivity index (χ1v) is 11.2. The molecule has 1 heterocycles. The highest BCUT2D eigenvalue weighted by Crippen LogP contribution is 2.40. The highest BCUT2D eigenvalue weighted by atomic mass is 32.1. The van der Waals surface area contributed by atoms with Gasteiger partial charge in [-0.3, -0.25) is 0 Å². The van der Waals surface area contributed by atoms with E-state index in [2.05, 4.69) is 10.2 Å². The van der Waals surface area contributed by atoms with Crippen LogP contribution in [-0.4, -0.2) is 57.2 Å². The fraction of sp³-hybridized carbons (Fsp3) is 0.458. The molecule has 0 radical (unpaired) electrons. The van der Waals surface area contributed by atoms with Crippen LogP contribution in [0.15, 0.2) is 36.4 Å². The summed E-state index contributed by atoms with van der Waals surface area (Å²) in [6.45, 7) is 4.60. The summed E-state index contributed by atoms with van der Waals surface area (Å²) in [6.07, 6.45) is 2.23. The van der Waals surface area contributed by atoms with Gasteiger partial charge in [0.15, 0.2) is 16.6 Å². The Morgan fingerprint density at radius 1 is 1.06 bits per heavy atom. The molecule has 1 N–H and O–H groups in total. The molecule has 2 aromatic carbocycles. The van der Waals surface area contributed by atoms with Crippen LogP contribution in [0.2, 0.25) is 0 Å². The summed E-state index contributed by atoms with van der Waals surface area (Å²) in [6, 6.07) is 11.6. The van der Waals surface area contributed by atoms with Crippen LogP contribution in [0.25, 0.3) is 0 Å². The van der Waals surface area contributed by atoms with E-state index in [1.54, 1.807) is 21.3 Å². The number of rotatable bonds is 10. The first-order chi connectivity index (χ1) is 15.6. The first kappa shape index (κ1) is 23.9. The SMILES string of the molecule is CCOc1ccc(NC(=S)N(Cc2ccc(OC)c(OC)c2OC)CC2CCCO2)cc1. The molecular weight excluding hydrogens is 428 g/mol. The Morgan fingerprint density at radius 2 is 1.81 bits per heavy atom. The van der Waals surface area contributed by atoms with E-state index in [1.165, 1.54) is 0 Å². The lowest BCUT2D eigenvalue weighted by molar-refractivity contribution is 0.0903. The maximum Gasteiger partial charge on any atom is 0.203 e. The number of ether oxygens (including phenoxy) is 5. The lowest BCUT2D eigenvalue weighted by Gasteiger charge is -2.29. The quantitative estimate of drug-likeness (QED) is 0.521. The van der Waals surface area contributed by atoms with E-state index in [0.717, 1.165) is 36.4 Å². The van der Waals surface area contributed by atoms with Crippen molar-refractivity contribution in [3.63, 3.8) is 0 Å². The first-order valence-electron chi connectivity index (χ1n) is 10.8. The van der Waals surface area contributed by atoms with Crippen LogP contribution in [0.3, 0.4) is 0 Å². The molecule has 1 aliphatic rings. The van der Waals surface area contributed by atoms with Gasteiger partial charge in [0.05, 0.1) is 34.0 Å². The Kier molecular flexibility index (Phi) is 8.81. The molecule has 0 aromatic heterocycles. The van der Waals surface area contributed by atoms with E-state index >= 15 is 0 Å². The van der Waals surface area contributed by atoms with Gasteiger partial charge in [-0.1, -0.05) is 0 Å². The molecule has 3 rings (SSSR count). The van der Waals surface area contributed by atoms with Crippen molar-refractivity contribution in [3.05, 3.63) is 42.0 Å². The summed E-state index contributed by atoms with van der Waals surface area (Å²) in [5, 5.41) is 3.96. The second kappa shape index (κ2) is 11.8. The summed E-state index contributed by atoms with van der Waals surface area (Å²) in [7, 11) is 4.84. The van der Waals surface area contributed by atoms with Gasteiger partial charge < -0.3 is 33.9 Å². The van der Waals surface area contributed by atoms with Gasteiger partial charge in [0.1, 0.15) is 5.75 Å². The highest BCUT2D eigenvalue weighted by molar-refractivity contribution is 7.80. The number of nitrogens with zero attached hydrogens (tertiary/aromatic N) is 1. The summed E-state index contributed by atoms with van der Waals surface area (Å²) in [5.41, 5.74) is 1.84. The summed E-state index contributed by atoms with van der Waals surface area (Å²) in [4.78, 5) is 2.10. The Labute approximate surface area is 195 Å². The van der Waals surface area contributed by atoms with Gasteiger partial charge in [-0.25, -0.2) is 0 Å². The number of nitrogens with one attached hydrogen (secondary N) is 1. The third kappa shape index (κ3) is 5.95. The van der Waals surface area contributed by atoms with Gasteiger partial charge in [0.25, 0.3) is 0 Å². The molecule has 0 spiro atoms. The molecule has 32 heavy (non-hydrogen) atoms. The zero-order chi connectivity index (χ0) is 22.9. The van der Waals surface area contributed by atoms with Gasteiger partial charge in [-0.2, -0.15) is 0 Å². The predicted octanol–water partition coefficient (Wildman–Crippen LogP) is 4.49. The Hall–Kier alpha value is -2.71. The summed E-state index contributed by atoms with van der Waals surface area (Å²) < 4.78 is 28.0. The summed E-state index contributed by atoms with van der Waals surface area (Å²) in [5.74, 6) is 2.65. The molecular formula is C24H32N2O5S. The Balaban J connectivity index is 1.81. The fourth-order valence-electron chi connectivity index (χ4n) is 3.75. The zero-order valence-corrected chi connectivity index (χ0v) is 20.0. The molecule has 0 amide bonds. The molecule has 8 heteroatoms. The predicted molar refractivity (Wildman–Crippen MR) is 129 cm³/mol. The molecule has 1 aliphatic heterocycles. The smallest absolute Gasteiger partial charge is 0.203 e. The topological polar surface area (TPSA) is 61.4 Å². The van der Waals surface area contributed by atoms with Crippen LogP contribution in [0, 0.1) is 0 Å². The van der Waals surface area contributed by atoms with Gasteiger partial charge >= 0.3 is 0 Å². The van der Waals surface area contributed by atoms with E-state index in [4.69, 9.17) is 35.9 Å². The van der Waals surface area contributed by atoms with E-state index in [-0.39, 0.29) is 6.10 Å². The Morgan fingerprint density at radius 3 is 2.41 bits per heavy atom. The molecule has 0 saturated carbocycles. The molecule has 174 valence electrons. The van der Waals surface area contributed by atoms with Crippen molar-refractivity contribution in [2.45, 2.75) is 32.4 Å². The Bertz CT molecular complexity index is 885. The minimum absolute atomic E-state index is 0.140. The lowest BCUT2D eigenvalue weighted by Crippen LogP contribution is -2.39. The van der Waals surface area contributed by atoms with Crippen molar-refractivity contribution in [1.29, 1.82) is 0 Å². The normalized spacial score (nSPS) is 15.2. The monoisotopic (exact) mass is 460 g/mol. The van der Waals surface area contributed by atoms with Crippen LogP contribution in [0.1, 0.15) is 25.3 Å². The average molecular weight is 461 g/mol. The highest BCUT2D eigenvalue weighted by Gasteiger charge is 2.24. The number of methoxy groups -OCH3 is 3. The van der Waals surface area contributed by atoms with Gasteiger partial charge in [0, 0.05) is 30.9 Å². The van der Waals surface area contributed by atoms with Crippen LogP contribution >= 0.6 is 12.2 Å². The number of hydrogen-bond acceptors (Lipinski definition) is 6. The second-order valence-corrected chi connectivity index (χ2v) is 7.78. The number of anilines is 1. The fourth-order valence-corrected chi connectivity index (χ4v) is 4.01. The van der Waals surface area contributed by atoms with Crippen LogP contribution in [-0.2, 0) is 11.3 Å². The largest absolute Gasteiger partial charge is 0.494 e. The zero-order valence-electron chi connectivity index (χ0n) is 19.2. The van der Waals surface area contributed by atoms with Crippen LogP contribution in [0.5, 0.6) is 23.0 Å². The summed E-state index contributed by atoms with van der Waals surface area (Å²) >= 11 is 5.80. The molecule has 1 unspecified atom stereocenters.